The van der Waals surface area contributed by atoms with Crippen LogP contribution in [0.4, 0.5) is 27.5 Å². The van der Waals surface area contributed by atoms with Gasteiger partial charge in [-0.25, -0.2) is 4.79 Å². The molecule has 6 nitrogen and oxygen atoms in total. The van der Waals surface area contributed by atoms with Gasteiger partial charge in [0.2, 0.25) is 0 Å². The maximum absolute atomic E-state index is 11.8. The molecule has 1 saturated heterocycles. The predicted molar refractivity (Wildman–Crippen MR) is 178 cm³/mol. The summed E-state index contributed by atoms with van der Waals surface area (Å²) in [5.74, 6) is 0. The highest BCUT2D eigenvalue weighted by Gasteiger charge is 2.43. The van der Waals surface area contributed by atoms with Gasteiger partial charge in [0.15, 0.2) is 0 Å². The second-order valence-corrected chi connectivity index (χ2v) is 11.4. The van der Waals surface area contributed by atoms with Gasteiger partial charge in [-0.2, -0.15) is 0 Å². The van der Waals surface area contributed by atoms with Gasteiger partial charge in [-0.05, 0) is 53.1 Å². The molecule has 220 valence electrons. The van der Waals surface area contributed by atoms with E-state index in [2.05, 4.69) is 130 Å². The van der Waals surface area contributed by atoms with Gasteiger partial charge in [0.1, 0.15) is 0 Å². The van der Waals surface area contributed by atoms with Gasteiger partial charge in [-0.15, -0.1) is 0 Å². The van der Waals surface area contributed by atoms with Gasteiger partial charge in [0.05, 0.1) is 16.9 Å². The van der Waals surface area contributed by atoms with Crippen molar-refractivity contribution in [3.05, 3.63) is 156 Å². The average molecular weight is 581 g/mol. The monoisotopic (exact) mass is 580 g/mol. The lowest BCUT2D eigenvalue weighted by atomic mass is 9.75. The van der Waals surface area contributed by atoms with Crippen LogP contribution >= 0.6 is 0 Å². The van der Waals surface area contributed by atoms with Crippen LogP contribution in [0.25, 0.3) is 0 Å². The highest BCUT2D eigenvalue weighted by Crippen LogP contribution is 2.43. The van der Waals surface area contributed by atoms with Crippen molar-refractivity contribution in [2.75, 3.05) is 54.0 Å². The van der Waals surface area contributed by atoms with E-state index in [4.69, 9.17) is 0 Å². The first-order chi connectivity index (χ1) is 21.7. The molecule has 0 saturated carbocycles. The zero-order valence-electron chi connectivity index (χ0n) is 24.7. The Morgan fingerprint density at radius 1 is 0.500 bits per heavy atom. The Kier molecular flexibility index (Phi) is 7.50. The summed E-state index contributed by atoms with van der Waals surface area (Å²) in [6, 6.07) is 49.2. The first kappa shape index (κ1) is 27.7. The molecule has 5 aromatic rings. The number of para-hydroxylation sites is 2. The van der Waals surface area contributed by atoms with Gasteiger partial charge in [0.25, 0.3) is 0 Å². The Balaban J connectivity index is 1.16. The molecular weight excluding hydrogens is 544 g/mol. The first-order valence-corrected chi connectivity index (χ1v) is 15.3. The van der Waals surface area contributed by atoms with Crippen molar-refractivity contribution in [2.45, 2.75) is 5.54 Å². The topological polar surface area (TPSA) is 50.3 Å². The fourth-order valence-electron chi connectivity index (χ4n) is 7.06. The summed E-state index contributed by atoms with van der Waals surface area (Å²) in [4.78, 5) is 20.6. The van der Waals surface area contributed by atoms with Crippen LogP contribution in [-0.2, 0) is 5.54 Å². The Labute approximate surface area is 259 Å². The third kappa shape index (κ3) is 4.87. The second kappa shape index (κ2) is 11.9. The number of anilines is 4. The lowest BCUT2D eigenvalue weighted by molar-refractivity contribution is 0.147. The minimum absolute atomic E-state index is 0.398. The van der Waals surface area contributed by atoms with E-state index in [9.17, 15) is 9.90 Å². The Morgan fingerprint density at radius 2 is 0.955 bits per heavy atom. The Hall–Kier alpha value is -5.07. The fourth-order valence-corrected chi connectivity index (χ4v) is 7.06. The van der Waals surface area contributed by atoms with Crippen LogP contribution in [0.2, 0.25) is 0 Å². The molecule has 0 atom stereocenters. The van der Waals surface area contributed by atoms with E-state index >= 15 is 0 Å². The van der Waals surface area contributed by atoms with Crippen molar-refractivity contribution >= 4 is 28.8 Å². The lowest BCUT2D eigenvalue weighted by Gasteiger charge is -2.49. The van der Waals surface area contributed by atoms with Crippen molar-refractivity contribution in [3.63, 3.8) is 0 Å². The summed E-state index contributed by atoms with van der Waals surface area (Å²) in [5, 5.41) is 9.68. The minimum Gasteiger partial charge on any atom is -0.465 e. The molecule has 2 aliphatic rings. The van der Waals surface area contributed by atoms with E-state index in [1.54, 1.807) is 0 Å². The lowest BCUT2D eigenvalue weighted by Crippen LogP contribution is -2.56. The Bertz CT molecular complexity index is 1610. The predicted octanol–water partition coefficient (Wildman–Crippen LogP) is 7.44. The van der Waals surface area contributed by atoms with Gasteiger partial charge >= 0.3 is 6.09 Å². The summed E-state index contributed by atoms with van der Waals surface area (Å²) in [6.45, 7) is 4.68. The number of carboxylic acid groups (broad SMARTS) is 1. The molecule has 6 heteroatoms. The van der Waals surface area contributed by atoms with Crippen LogP contribution < -0.4 is 14.7 Å². The normalized spacial score (nSPS) is 15.6. The zero-order valence-corrected chi connectivity index (χ0v) is 24.7. The molecule has 1 amide bonds. The van der Waals surface area contributed by atoms with E-state index in [0.717, 1.165) is 43.2 Å². The number of hydrogen-bond donors (Lipinski definition) is 1. The number of benzene rings is 5. The molecule has 0 aliphatic carbocycles. The van der Waals surface area contributed by atoms with Crippen molar-refractivity contribution in [2.24, 2.45) is 0 Å². The van der Waals surface area contributed by atoms with E-state index in [-0.39, 0.29) is 0 Å². The van der Waals surface area contributed by atoms with Gasteiger partial charge in [0, 0.05) is 50.6 Å². The number of amides is 1. The number of piperazine rings is 1. The molecule has 0 unspecified atom stereocenters. The van der Waals surface area contributed by atoms with E-state index in [1.165, 1.54) is 27.3 Å². The van der Waals surface area contributed by atoms with Crippen molar-refractivity contribution in [1.29, 1.82) is 0 Å². The smallest absolute Gasteiger partial charge is 0.411 e. The summed E-state index contributed by atoms with van der Waals surface area (Å²) < 4.78 is 0. The summed E-state index contributed by atoms with van der Waals surface area (Å²) >= 11 is 0. The number of nitrogens with zero attached hydrogens (tertiary/aromatic N) is 4. The van der Waals surface area contributed by atoms with Crippen LogP contribution in [0, 0.1) is 0 Å². The molecular formula is C38H36N4O2. The quantitative estimate of drug-likeness (QED) is 0.212. The average Bonchev–Trinajstić information content (AvgIpc) is 3.10. The molecule has 5 aromatic carbocycles. The molecule has 2 heterocycles. The largest absolute Gasteiger partial charge is 0.465 e. The fraction of sp³-hybridized carbons (Fsp3) is 0.184. The highest BCUT2D eigenvalue weighted by atomic mass is 16.4. The summed E-state index contributed by atoms with van der Waals surface area (Å²) in [7, 11) is 0. The molecule has 0 bridgehead atoms. The molecule has 0 aromatic heterocycles. The van der Waals surface area contributed by atoms with Crippen LogP contribution in [0.3, 0.4) is 0 Å². The van der Waals surface area contributed by atoms with Crippen LogP contribution in [-0.4, -0.2) is 55.4 Å². The molecule has 0 spiro atoms. The molecule has 2 aliphatic heterocycles. The number of rotatable bonds is 6. The van der Waals surface area contributed by atoms with E-state index < -0.39 is 11.6 Å². The Morgan fingerprint density at radius 3 is 1.45 bits per heavy atom. The van der Waals surface area contributed by atoms with E-state index in [1.807, 2.05) is 24.3 Å². The van der Waals surface area contributed by atoms with Crippen LogP contribution in [0.5, 0.6) is 0 Å². The summed E-state index contributed by atoms with van der Waals surface area (Å²) in [6.07, 6.45) is -0.914. The number of fused-ring (bicyclic) bond motifs is 1. The maximum atomic E-state index is 11.8. The molecule has 1 fully saturated rings. The van der Waals surface area contributed by atoms with Crippen LogP contribution in [0.1, 0.15) is 16.7 Å². The molecule has 44 heavy (non-hydrogen) atoms. The van der Waals surface area contributed by atoms with Crippen molar-refractivity contribution < 1.29 is 9.90 Å². The van der Waals surface area contributed by atoms with E-state index in [0.29, 0.717) is 13.1 Å². The van der Waals surface area contributed by atoms with Gasteiger partial charge < -0.3 is 14.9 Å². The standard InChI is InChI=1S/C38H36N4O2/c43-37(44)42-29-28-41(35-18-10-11-19-36(35)42)34-22-20-33(21-23-34)39-24-26-40(27-25-39)38(30-12-4-1-5-13-30,31-14-6-2-7-15-31)32-16-8-3-9-17-32/h1-23H,24-29H2,(H,43,44). The summed E-state index contributed by atoms with van der Waals surface area (Å²) in [5.41, 5.74) is 7.35. The highest BCUT2D eigenvalue weighted by molar-refractivity contribution is 5.94. The van der Waals surface area contributed by atoms with Gasteiger partial charge in [-0.1, -0.05) is 103 Å². The maximum Gasteiger partial charge on any atom is 0.411 e. The number of hydrogen-bond acceptors (Lipinski definition) is 4. The van der Waals surface area contributed by atoms with Crippen molar-refractivity contribution in [3.8, 4) is 0 Å². The van der Waals surface area contributed by atoms with Crippen molar-refractivity contribution in [1.82, 2.24) is 4.90 Å². The first-order valence-electron chi connectivity index (χ1n) is 15.3. The third-order valence-electron chi connectivity index (χ3n) is 9.10. The zero-order chi connectivity index (χ0) is 29.9. The minimum atomic E-state index is -0.914. The number of carbonyl (C=O) groups is 1. The SMILES string of the molecule is O=C(O)N1CCN(c2ccc(N3CCN(C(c4ccccc4)(c4ccccc4)c4ccccc4)CC3)cc2)c2ccccc21. The third-order valence-corrected chi connectivity index (χ3v) is 9.10. The molecule has 7 rings (SSSR count). The molecule has 1 N–H and O–H groups in total. The molecule has 0 radical (unpaired) electrons. The second-order valence-electron chi connectivity index (χ2n) is 11.4. The van der Waals surface area contributed by atoms with Gasteiger partial charge in [-0.3, -0.25) is 9.80 Å². The van der Waals surface area contributed by atoms with Crippen LogP contribution in [0.15, 0.2) is 140 Å².